The van der Waals surface area contributed by atoms with Crippen molar-refractivity contribution in [1.29, 1.82) is 0 Å². The molecule has 0 saturated carbocycles. The van der Waals surface area contributed by atoms with Gasteiger partial charge in [0.05, 0.1) is 11.3 Å². The minimum atomic E-state index is -0.750. The lowest BCUT2D eigenvalue weighted by Crippen LogP contribution is -2.62. The van der Waals surface area contributed by atoms with Crippen LogP contribution in [-0.4, -0.2) is 41.4 Å². The van der Waals surface area contributed by atoms with Gasteiger partial charge in [0.15, 0.2) is 0 Å². The summed E-state index contributed by atoms with van der Waals surface area (Å²) in [5.74, 6) is -0.308. The largest absolute Gasteiger partial charge is 0.356 e. The fourth-order valence-electron chi connectivity index (χ4n) is 4.40. The molecule has 2 aromatic carbocycles. The fraction of sp³-hybridized carbons (Fsp3) is 0.348. The number of rotatable bonds is 6. The second-order valence-electron chi connectivity index (χ2n) is 8.01. The third-order valence-corrected chi connectivity index (χ3v) is 6.63. The van der Waals surface area contributed by atoms with Crippen LogP contribution in [-0.2, 0) is 16.0 Å². The van der Waals surface area contributed by atoms with Gasteiger partial charge in [-0.25, -0.2) is 0 Å². The fourth-order valence-corrected chi connectivity index (χ4v) is 4.91. The van der Waals surface area contributed by atoms with Crippen molar-refractivity contribution in [3.05, 3.63) is 63.6 Å². The number of benzene rings is 2. The van der Waals surface area contributed by atoms with Crippen LogP contribution < -0.4 is 10.2 Å². The normalized spacial score (nSPS) is 20.0. The molecule has 0 bridgehead atoms. The van der Waals surface area contributed by atoms with Gasteiger partial charge < -0.3 is 10.2 Å². The highest BCUT2D eigenvalue weighted by molar-refractivity contribution is 6.35. The Balaban J connectivity index is 1.40. The summed E-state index contributed by atoms with van der Waals surface area (Å²) in [5, 5.41) is 4.01. The molecule has 0 aliphatic carbocycles. The third-order valence-electron chi connectivity index (χ3n) is 6.04. The molecule has 2 heterocycles. The summed E-state index contributed by atoms with van der Waals surface area (Å²) in [4.78, 5) is 41.6. The summed E-state index contributed by atoms with van der Waals surface area (Å²) in [6, 6.07) is 12.4. The van der Waals surface area contributed by atoms with Gasteiger partial charge in [-0.15, -0.1) is 0 Å². The summed E-state index contributed by atoms with van der Waals surface area (Å²) < 4.78 is 0. The molecule has 0 spiro atoms. The van der Waals surface area contributed by atoms with Crippen LogP contribution in [0.1, 0.15) is 42.1 Å². The molecule has 3 amide bonds. The van der Waals surface area contributed by atoms with Gasteiger partial charge in [0, 0.05) is 36.0 Å². The van der Waals surface area contributed by atoms with E-state index in [0.717, 1.165) is 5.56 Å². The van der Waals surface area contributed by atoms with Crippen molar-refractivity contribution in [2.24, 2.45) is 0 Å². The second-order valence-corrected chi connectivity index (χ2v) is 8.85. The Labute approximate surface area is 191 Å². The SMILES string of the molecule is CC12CCC(=O)N1c1ccccc1C(=O)N2CCC(=O)NCCc1ccc(Cl)cc1Cl. The van der Waals surface area contributed by atoms with Gasteiger partial charge in [0.25, 0.3) is 5.91 Å². The number of anilines is 1. The van der Waals surface area contributed by atoms with Crippen LogP contribution >= 0.6 is 23.2 Å². The minimum absolute atomic E-state index is 0.00301. The van der Waals surface area contributed by atoms with Crippen molar-refractivity contribution in [2.75, 3.05) is 18.0 Å². The molecule has 1 fully saturated rings. The first-order valence-corrected chi connectivity index (χ1v) is 11.0. The average molecular weight is 460 g/mol. The standard InChI is InChI=1S/C23H23Cl2N3O3/c1-23-11-8-21(30)28(23)19-5-3-2-4-17(19)22(31)27(23)13-10-20(29)26-12-9-15-6-7-16(24)14-18(15)25/h2-7,14H,8-13H2,1H3,(H,26,29). The molecule has 0 radical (unpaired) electrons. The minimum Gasteiger partial charge on any atom is -0.356 e. The van der Waals surface area contributed by atoms with E-state index < -0.39 is 5.66 Å². The molecule has 1 N–H and O–H groups in total. The molecule has 2 aliphatic rings. The number of carbonyl (C=O) groups is 3. The zero-order valence-electron chi connectivity index (χ0n) is 17.2. The summed E-state index contributed by atoms with van der Waals surface area (Å²) >= 11 is 12.1. The highest BCUT2D eigenvalue weighted by Gasteiger charge is 2.52. The Hall–Kier alpha value is -2.57. The molecule has 2 aromatic rings. The maximum atomic E-state index is 13.2. The first kappa shape index (κ1) is 21.7. The number of hydrogen-bond acceptors (Lipinski definition) is 3. The topological polar surface area (TPSA) is 69.7 Å². The number of halogens is 2. The van der Waals surface area contributed by atoms with E-state index in [0.29, 0.717) is 47.1 Å². The van der Waals surface area contributed by atoms with E-state index in [4.69, 9.17) is 23.2 Å². The van der Waals surface area contributed by atoms with E-state index >= 15 is 0 Å². The Morgan fingerprint density at radius 1 is 1.16 bits per heavy atom. The van der Waals surface area contributed by atoms with Crippen molar-refractivity contribution >= 4 is 46.6 Å². The van der Waals surface area contributed by atoms with Gasteiger partial charge in [-0.2, -0.15) is 0 Å². The maximum absolute atomic E-state index is 13.2. The van der Waals surface area contributed by atoms with E-state index in [1.165, 1.54) is 0 Å². The van der Waals surface area contributed by atoms with Crippen LogP contribution in [0.4, 0.5) is 5.69 Å². The number of nitrogens with one attached hydrogen (secondary N) is 1. The van der Waals surface area contributed by atoms with Gasteiger partial charge in [-0.1, -0.05) is 41.4 Å². The molecule has 31 heavy (non-hydrogen) atoms. The first-order valence-electron chi connectivity index (χ1n) is 10.3. The Kier molecular flexibility index (Phi) is 5.95. The first-order chi connectivity index (χ1) is 14.8. The number of nitrogens with zero attached hydrogens (tertiary/aromatic N) is 2. The van der Waals surface area contributed by atoms with Crippen LogP contribution in [0.25, 0.3) is 0 Å². The highest BCUT2D eigenvalue weighted by Crippen LogP contribution is 2.43. The number of para-hydroxylation sites is 1. The van der Waals surface area contributed by atoms with Crippen LogP contribution in [0.2, 0.25) is 10.0 Å². The number of fused-ring (bicyclic) bond motifs is 3. The van der Waals surface area contributed by atoms with Crippen LogP contribution in [0.3, 0.4) is 0 Å². The van der Waals surface area contributed by atoms with Gasteiger partial charge in [0.1, 0.15) is 5.66 Å². The molecule has 4 rings (SSSR count). The van der Waals surface area contributed by atoms with Crippen molar-refractivity contribution in [3.63, 3.8) is 0 Å². The second kappa shape index (κ2) is 8.52. The lowest BCUT2D eigenvalue weighted by Gasteiger charge is -2.48. The summed E-state index contributed by atoms with van der Waals surface area (Å²) in [5.41, 5.74) is 1.30. The predicted octanol–water partition coefficient (Wildman–Crippen LogP) is 4.04. The zero-order valence-corrected chi connectivity index (χ0v) is 18.7. The van der Waals surface area contributed by atoms with E-state index in [2.05, 4.69) is 5.32 Å². The van der Waals surface area contributed by atoms with Crippen LogP contribution in [0.15, 0.2) is 42.5 Å². The molecule has 1 saturated heterocycles. The number of carbonyl (C=O) groups excluding carboxylic acids is 3. The van der Waals surface area contributed by atoms with Crippen LogP contribution in [0.5, 0.6) is 0 Å². The lowest BCUT2D eigenvalue weighted by atomic mass is 9.98. The average Bonchev–Trinajstić information content (AvgIpc) is 3.05. The van der Waals surface area contributed by atoms with Gasteiger partial charge in [-0.3, -0.25) is 19.3 Å². The van der Waals surface area contributed by atoms with Crippen LogP contribution in [0, 0.1) is 0 Å². The third kappa shape index (κ3) is 4.02. The summed E-state index contributed by atoms with van der Waals surface area (Å²) in [6.45, 7) is 2.56. The molecule has 1 unspecified atom stereocenters. The monoisotopic (exact) mass is 459 g/mol. The van der Waals surface area contributed by atoms with E-state index in [1.807, 2.05) is 19.1 Å². The summed E-state index contributed by atoms with van der Waals surface area (Å²) in [6.07, 6.45) is 1.66. The van der Waals surface area contributed by atoms with E-state index in [9.17, 15) is 14.4 Å². The predicted molar refractivity (Wildman–Crippen MR) is 120 cm³/mol. The quantitative estimate of drug-likeness (QED) is 0.708. The Morgan fingerprint density at radius 2 is 1.94 bits per heavy atom. The van der Waals surface area contributed by atoms with Crippen molar-refractivity contribution in [1.82, 2.24) is 10.2 Å². The maximum Gasteiger partial charge on any atom is 0.257 e. The lowest BCUT2D eigenvalue weighted by molar-refractivity contribution is -0.121. The van der Waals surface area contributed by atoms with Crippen molar-refractivity contribution in [3.8, 4) is 0 Å². The number of hydrogen-bond donors (Lipinski definition) is 1. The smallest absolute Gasteiger partial charge is 0.257 e. The molecule has 0 aromatic heterocycles. The molecule has 162 valence electrons. The summed E-state index contributed by atoms with van der Waals surface area (Å²) in [7, 11) is 0. The molecule has 2 aliphatic heterocycles. The van der Waals surface area contributed by atoms with E-state index in [1.54, 1.807) is 40.1 Å². The Bertz CT molecular complexity index is 1060. The van der Waals surface area contributed by atoms with Crippen molar-refractivity contribution < 1.29 is 14.4 Å². The molecular weight excluding hydrogens is 437 g/mol. The van der Waals surface area contributed by atoms with Gasteiger partial charge in [0.2, 0.25) is 11.8 Å². The highest BCUT2D eigenvalue weighted by atomic mass is 35.5. The van der Waals surface area contributed by atoms with Gasteiger partial charge in [-0.05, 0) is 49.6 Å². The molecule has 6 nitrogen and oxygen atoms in total. The van der Waals surface area contributed by atoms with Crippen molar-refractivity contribution in [2.45, 2.75) is 38.3 Å². The zero-order chi connectivity index (χ0) is 22.2. The molecule has 8 heteroatoms. The van der Waals surface area contributed by atoms with Gasteiger partial charge >= 0.3 is 0 Å². The molecule has 1 atom stereocenters. The molecular formula is C23H23Cl2N3O3. The number of amides is 3. The van der Waals surface area contributed by atoms with E-state index in [-0.39, 0.29) is 30.7 Å². The Morgan fingerprint density at radius 3 is 2.71 bits per heavy atom.